The molecule has 13 heavy (non-hydrogen) atoms. The SMILES string of the molecule is C1CCC(NC2CCCC2)CC1.[SiH4]. The Labute approximate surface area is 86.7 Å². The van der Waals surface area contributed by atoms with Crippen LogP contribution in [-0.4, -0.2) is 23.0 Å². The van der Waals surface area contributed by atoms with Crippen LogP contribution >= 0.6 is 0 Å². The number of rotatable bonds is 2. The van der Waals surface area contributed by atoms with Crippen LogP contribution in [0.2, 0.25) is 0 Å². The normalized spacial score (nSPS) is 25.8. The molecule has 2 heteroatoms. The molecule has 0 aromatic carbocycles. The Balaban J connectivity index is 0.000000845. The zero-order valence-electron chi connectivity index (χ0n) is 8.02. The van der Waals surface area contributed by atoms with Gasteiger partial charge in [-0.2, -0.15) is 0 Å². The molecule has 0 heterocycles. The van der Waals surface area contributed by atoms with Crippen molar-refractivity contribution in [1.29, 1.82) is 0 Å². The smallest absolute Gasteiger partial charge is 0.00696 e. The predicted molar refractivity (Wildman–Crippen MR) is 63.6 cm³/mol. The highest BCUT2D eigenvalue weighted by Crippen LogP contribution is 2.22. The first-order chi connectivity index (χ1) is 5.95. The summed E-state index contributed by atoms with van der Waals surface area (Å²) in [4.78, 5) is 0. The zero-order chi connectivity index (χ0) is 8.23. The minimum absolute atomic E-state index is 0. The summed E-state index contributed by atoms with van der Waals surface area (Å²) in [5.41, 5.74) is 0. The molecule has 0 atom stereocenters. The largest absolute Gasteiger partial charge is 0.311 e. The molecule has 0 bridgehead atoms. The lowest BCUT2D eigenvalue weighted by Crippen LogP contribution is -2.37. The van der Waals surface area contributed by atoms with E-state index in [-0.39, 0.29) is 11.0 Å². The van der Waals surface area contributed by atoms with Gasteiger partial charge in [-0.3, -0.25) is 0 Å². The summed E-state index contributed by atoms with van der Waals surface area (Å²) in [7, 11) is 0. The van der Waals surface area contributed by atoms with Crippen LogP contribution in [0, 0.1) is 0 Å². The van der Waals surface area contributed by atoms with Gasteiger partial charge >= 0.3 is 0 Å². The Bertz CT molecular complexity index is 126. The van der Waals surface area contributed by atoms with E-state index < -0.39 is 0 Å². The van der Waals surface area contributed by atoms with Crippen LogP contribution in [0.1, 0.15) is 57.8 Å². The fourth-order valence-corrected chi connectivity index (χ4v) is 2.70. The van der Waals surface area contributed by atoms with Crippen LogP contribution in [0.25, 0.3) is 0 Å². The second kappa shape index (κ2) is 5.81. The van der Waals surface area contributed by atoms with Gasteiger partial charge in [-0.15, -0.1) is 0 Å². The van der Waals surface area contributed by atoms with Crippen LogP contribution in [0.3, 0.4) is 0 Å². The Morgan fingerprint density at radius 3 is 1.46 bits per heavy atom. The molecule has 0 spiro atoms. The van der Waals surface area contributed by atoms with Crippen molar-refractivity contribution in [3.8, 4) is 0 Å². The second-order valence-corrected chi connectivity index (χ2v) is 4.48. The van der Waals surface area contributed by atoms with E-state index in [2.05, 4.69) is 5.32 Å². The lowest BCUT2D eigenvalue weighted by Gasteiger charge is -2.26. The number of nitrogens with one attached hydrogen (secondary N) is 1. The molecule has 2 fully saturated rings. The molecule has 2 saturated carbocycles. The molecular formula is C11H25NSi. The standard InChI is InChI=1S/C11H21N.H4Si/c1-2-6-10(7-3-1)12-11-8-4-5-9-11;/h10-12H,1-9H2;1H4. The van der Waals surface area contributed by atoms with Gasteiger partial charge in [-0.25, -0.2) is 0 Å². The van der Waals surface area contributed by atoms with E-state index in [0.717, 1.165) is 12.1 Å². The number of hydrogen-bond acceptors (Lipinski definition) is 1. The first-order valence-corrected chi connectivity index (χ1v) is 5.71. The molecule has 0 aromatic rings. The minimum atomic E-state index is 0. The second-order valence-electron chi connectivity index (χ2n) is 4.48. The van der Waals surface area contributed by atoms with E-state index in [4.69, 9.17) is 0 Å². The van der Waals surface area contributed by atoms with Gasteiger partial charge in [-0.1, -0.05) is 32.1 Å². The Kier molecular flexibility index (Phi) is 5.03. The van der Waals surface area contributed by atoms with Crippen molar-refractivity contribution in [3.63, 3.8) is 0 Å². The highest BCUT2D eigenvalue weighted by atomic mass is 28.1. The maximum absolute atomic E-state index is 3.82. The highest BCUT2D eigenvalue weighted by molar-refractivity contribution is 5.75. The number of hydrogen-bond donors (Lipinski definition) is 1. The monoisotopic (exact) mass is 199 g/mol. The van der Waals surface area contributed by atoms with Crippen molar-refractivity contribution in [2.24, 2.45) is 0 Å². The lowest BCUT2D eigenvalue weighted by molar-refractivity contribution is 0.337. The van der Waals surface area contributed by atoms with Gasteiger partial charge in [0.25, 0.3) is 0 Å². The first-order valence-electron chi connectivity index (χ1n) is 5.71. The van der Waals surface area contributed by atoms with E-state index in [1.807, 2.05) is 0 Å². The Morgan fingerprint density at radius 1 is 0.615 bits per heavy atom. The highest BCUT2D eigenvalue weighted by Gasteiger charge is 2.20. The molecule has 2 rings (SSSR count). The Hall–Kier alpha value is 0.177. The molecule has 0 saturated heterocycles. The topological polar surface area (TPSA) is 12.0 Å². The van der Waals surface area contributed by atoms with Gasteiger partial charge in [0.15, 0.2) is 0 Å². The van der Waals surface area contributed by atoms with Crippen molar-refractivity contribution >= 4 is 11.0 Å². The third-order valence-electron chi connectivity index (χ3n) is 3.43. The summed E-state index contributed by atoms with van der Waals surface area (Å²) in [6.07, 6.45) is 13.1. The van der Waals surface area contributed by atoms with Crippen LogP contribution in [-0.2, 0) is 0 Å². The molecule has 0 aromatic heterocycles. The molecule has 0 radical (unpaired) electrons. The molecule has 1 nitrogen and oxygen atoms in total. The van der Waals surface area contributed by atoms with E-state index in [9.17, 15) is 0 Å². The van der Waals surface area contributed by atoms with Crippen molar-refractivity contribution in [1.82, 2.24) is 5.32 Å². The average molecular weight is 199 g/mol. The quantitative estimate of drug-likeness (QED) is 0.663. The molecule has 0 unspecified atom stereocenters. The minimum Gasteiger partial charge on any atom is -0.311 e. The van der Waals surface area contributed by atoms with Crippen molar-refractivity contribution in [2.45, 2.75) is 69.9 Å². The summed E-state index contributed by atoms with van der Waals surface area (Å²) in [6, 6.07) is 1.76. The van der Waals surface area contributed by atoms with Gasteiger partial charge in [-0.05, 0) is 36.6 Å². The lowest BCUT2D eigenvalue weighted by atomic mass is 9.95. The third-order valence-corrected chi connectivity index (χ3v) is 3.43. The summed E-state index contributed by atoms with van der Waals surface area (Å²) in [5.74, 6) is 0. The summed E-state index contributed by atoms with van der Waals surface area (Å²) in [5, 5.41) is 3.82. The molecular weight excluding hydrogens is 174 g/mol. The van der Waals surface area contributed by atoms with Gasteiger partial charge in [0.2, 0.25) is 0 Å². The Morgan fingerprint density at radius 2 is 1.00 bits per heavy atom. The first kappa shape index (κ1) is 11.3. The fraction of sp³-hybridized carbons (Fsp3) is 1.00. The molecule has 0 amide bonds. The molecule has 2 aliphatic rings. The summed E-state index contributed by atoms with van der Waals surface area (Å²) >= 11 is 0. The third kappa shape index (κ3) is 3.43. The predicted octanol–water partition coefficient (Wildman–Crippen LogP) is 1.40. The summed E-state index contributed by atoms with van der Waals surface area (Å²) < 4.78 is 0. The van der Waals surface area contributed by atoms with Crippen molar-refractivity contribution in [2.75, 3.05) is 0 Å². The van der Waals surface area contributed by atoms with Gasteiger partial charge < -0.3 is 5.32 Å². The fourth-order valence-electron chi connectivity index (χ4n) is 2.70. The van der Waals surface area contributed by atoms with Crippen LogP contribution in [0.15, 0.2) is 0 Å². The van der Waals surface area contributed by atoms with Crippen LogP contribution in [0.5, 0.6) is 0 Å². The van der Waals surface area contributed by atoms with E-state index in [1.54, 1.807) is 0 Å². The van der Waals surface area contributed by atoms with Gasteiger partial charge in [0, 0.05) is 12.1 Å². The van der Waals surface area contributed by atoms with E-state index in [0.29, 0.717) is 0 Å². The van der Waals surface area contributed by atoms with Crippen molar-refractivity contribution in [3.05, 3.63) is 0 Å². The average Bonchev–Trinajstić information content (AvgIpc) is 2.59. The van der Waals surface area contributed by atoms with E-state index >= 15 is 0 Å². The van der Waals surface area contributed by atoms with E-state index in [1.165, 1.54) is 57.8 Å². The molecule has 78 valence electrons. The molecule has 0 aliphatic heterocycles. The van der Waals surface area contributed by atoms with Crippen LogP contribution < -0.4 is 5.32 Å². The maximum Gasteiger partial charge on any atom is 0.00696 e. The summed E-state index contributed by atoms with van der Waals surface area (Å²) in [6.45, 7) is 0. The van der Waals surface area contributed by atoms with Gasteiger partial charge in [0.05, 0.1) is 0 Å². The zero-order valence-corrected chi connectivity index (χ0v) is 8.02. The van der Waals surface area contributed by atoms with Crippen LogP contribution in [0.4, 0.5) is 0 Å². The van der Waals surface area contributed by atoms with Crippen molar-refractivity contribution < 1.29 is 0 Å². The maximum atomic E-state index is 3.82. The molecule has 1 N–H and O–H groups in total. The molecule has 2 aliphatic carbocycles. The van der Waals surface area contributed by atoms with Gasteiger partial charge in [0.1, 0.15) is 0 Å².